The molecule has 0 amide bonds. The van der Waals surface area contributed by atoms with Crippen molar-refractivity contribution < 1.29 is 9.53 Å². The summed E-state index contributed by atoms with van der Waals surface area (Å²) in [5, 5.41) is 4.29. The van der Waals surface area contributed by atoms with E-state index in [2.05, 4.69) is 9.84 Å². The molecule has 0 radical (unpaired) electrons. The first-order chi connectivity index (χ1) is 7.95. The summed E-state index contributed by atoms with van der Waals surface area (Å²) >= 11 is 0. The number of hydrogen-bond acceptors (Lipinski definition) is 4. The van der Waals surface area contributed by atoms with Crippen LogP contribution in [0.2, 0.25) is 0 Å². The fourth-order valence-electron chi connectivity index (χ4n) is 1.69. The Labute approximate surface area is 102 Å². The van der Waals surface area contributed by atoms with Gasteiger partial charge in [0.2, 0.25) is 0 Å². The number of carbonyl (C=O) groups excluding carboxylic acids is 1. The van der Waals surface area contributed by atoms with Crippen LogP contribution in [-0.2, 0) is 16.1 Å². The Bertz CT molecular complexity index is 372. The number of aromatic nitrogens is 2. The van der Waals surface area contributed by atoms with Gasteiger partial charge in [0, 0.05) is 12.7 Å². The van der Waals surface area contributed by atoms with Crippen molar-refractivity contribution in [2.45, 2.75) is 45.2 Å². The van der Waals surface area contributed by atoms with Crippen LogP contribution in [0.5, 0.6) is 0 Å². The summed E-state index contributed by atoms with van der Waals surface area (Å²) in [5.41, 5.74) is 5.99. The minimum Gasteiger partial charge on any atom is -0.468 e. The Balaban J connectivity index is 2.26. The number of nitrogens with zero attached hydrogens (tertiary/aromatic N) is 2. The molecule has 1 aromatic heterocycles. The zero-order chi connectivity index (χ0) is 12.9. The molecule has 2 N–H and O–H groups in total. The molecule has 1 heterocycles. The lowest BCUT2D eigenvalue weighted by Crippen LogP contribution is -2.45. The van der Waals surface area contributed by atoms with Crippen molar-refractivity contribution in [1.82, 2.24) is 9.78 Å². The molecule has 96 valence electrons. The third kappa shape index (κ3) is 4.19. The van der Waals surface area contributed by atoms with Crippen LogP contribution in [0.25, 0.3) is 0 Å². The molecule has 1 unspecified atom stereocenters. The highest BCUT2D eigenvalue weighted by Gasteiger charge is 2.28. The highest BCUT2D eigenvalue weighted by molar-refractivity contribution is 5.79. The minimum atomic E-state index is -0.880. The van der Waals surface area contributed by atoms with E-state index in [9.17, 15) is 4.79 Å². The number of hydrogen-bond donors (Lipinski definition) is 1. The van der Waals surface area contributed by atoms with Gasteiger partial charge in [-0.2, -0.15) is 5.10 Å². The van der Waals surface area contributed by atoms with Gasteiger partial charge in [-0.25, -0.2) is 0 Å². The first-order valence-electron chi connectivity index (χ1n) is 5.83. The van der Waals surface area contributed by atoms with Gasteiger partial charge in [-0.1, -0.05) is 0 Å². The standard InChI is InChI=1S/C12H21N3O2/c1-10-6-9-15(14-10)8-5-4-7-12(2,13)11(16)17-3/h6,9H,4-5,7-8,13H2,1-3H3. The van der Waals surface area contributed by atoms with E-state index in [4.69, 9.17) is 5.73 Å². The summed E-state index contributed by atoms with van der Waals surface area (Å²) in [4.78, 5) is 11.3. The van der Waals surface area contributed by atoms with E-state index in [1.807, 2.05) is 23.9 Å². The maximum absolute atomic E-state index is 11.3. The second-order valence-corrected chi connectivity index (χ2v) is 4.59. The van der Waals surface area contributed by atoms with Crippen LogP contribution < -0.4 is 5.73 Å². The average molecular weight is 239 g/mol. The monoisotopic (exact) mass is 239 g/mol. The van der Waals surface area contributed by atoms with E-state index in [0.717, 1.165) is 25.1 Å². The molecule has 0 aromatic carbocycles. The Morgan fingerprint density at radius 3 is 2.82 bits per heavy atom. The van der Waals surface area contributed by atoms with Gasteiger partial charge in [-0.15, -0.1) is 0 Å². The predicted octanol–water partition coefficient (Wildman–Crippen LogP) is 1.25. The van der Waals surface area contributed by atoms with E-state index in [0.29, 0.717) is 6.42 Å². The van der Waals surface area contributed by atoms with Crippen molar-refractivity contribution in [3.8, 4) is 0 Å². The number of aryl methyl sites for hydroxylation is 2. The summed E-state index contributed by atoms with van der Waals surface area (Å²) in [5.74, 6) is -0.354. The molecule has 5 heteroatoms. The molecule has 0 saturated heterocycles. The largest absolute Gasteiger partial charge is 0.468 e. The minimum absolute atomic E-state index is 0.354. The smallest absolute Gasteiger partial charge is 0.325 e. The predicted molar refractivity (Wildman–Crippen MR) is 65.4 cm³/mol. The highest BCUT2D eigenvalue weighted by atomic mass is 16.5. The van der Waals surface area contributed by atoms with Gasteiger partial charge in [0.25, 0.3) is 0 Å². The number of esters is 1. The maximum atomic E-state index is 11.3. The molecule has 0 aliphatic carbocycles. The molecule has 0 spiro atoms. The summed E-state index contributed by atoms with van der Waals surface area (Å²) < 4.78 is 6.56. The number of rotatable bonds is 6. The molecule has 1 aromatic rings. The van der Waals surface area contributed by atoms with Crippen molar-refractivity contribution >= 4 is 5.97 Å². The Kier molecular flexibility index (Phi) is 4.69. The van der Waals surface area contributed by atoms with Crippen molar-refractivity contribution in [2.75, 3.05) is 7.11 Å². The molecule has 0 aliphatic rings. The van der Waals surface area contributed by atoms with Gasteiger partial charge < -0.3 is 10.5 Å². The summed E-state index contributed by atoms with van der Waals surface area (Å²) in [6.07, 6.45) is 4.41. The Morgan fingerprint density at radius 1 is 1.59 bits per heavy atom. The first kappa shape index (κ1) is 13.7. The lowest BCUT2D eigenvalue weighted by molar-refractivity contribution is -0.146. The van der Waals surface area contributed by atoms with E-state index < -0.39 is 5.54 Å². The highest BCUT2D eigenvalue weighted by Crippen LogP contribution is 2.13. The zero-order valence-corrected chi connectivity index (χ0v) is 10.8. The van der Waals surface area contributed by atoms with Crippen LogP contribution in [-0.4, -0.2) is 28.4 Å². The van der Waals surface area contributed by atoms with Crippen LogP contribution in [0, 0.1) is 6.92 Å². The van der Waals surface area contributed by atoms with Crippen molar-refractivity contribution in [2.24, 2.45) is 5.73 Å². The second-order valence-electron chi connectivity index (χ2n) is 4.59. The van der Waals surface area contributed by atoms with Crippen molar-refractivity contribution in [3.05, 3.63) is 18.0 Å². The summed E-state index contributed by atoms with van der Waals surface area (Å²) in [6.45, 7) is 4.52. The maximum Gasteiger partial charge on any atom is 0.325 e. The van der Waals surface area contributed by atoms with E-state index in [-0.39, 0.29) is 5.97 Å². The SMILES string of the molecule is COC(=O)C(C)(N)CCCCn1ccc(C)n1. The Morgan fingerprint density at radius 2 is 2.29 bits per heavy atom. The molecule has 0 bridgehead atoms. The van der Waals surface area contributed by atoms with Crippen LogP contribution in [0.15, 0.2) is 12.3 Å². The van der Waals surface area contributed by atoms with Gasteiger partial charge in [-0.05, 0) is 39.2 Å². The molecule has 0 aliphatic heterocycles. The molecule has 17 heavy (non-hydrogen) atoms. The lowest BCUT2D eigenvalue weighted by atomic mass is 9.96. The quantitative estimate of drug-likeness (QED) is 0.599. The molecule has 0 saturated carbocycles. The molecular formula is C12H21N3O2. The number of methoxy groups -OCH3 is 1. The van der Waals surface area contributed by atoms with Crippen LogP contribution >= 0.6 is 0 Å². The molecule has 1 atom stereocenters. The van der Waals surface area contributed by atoms with Gasteiger partial charge in [0.1, 0.15) is 5.54 Å². The van der Waals surface area contributed by atoms with Gasteiger partial charge in [-0.3, -0.25) is 9.48 Å². The van der Waals surface area contributed by atoms with Crippen LogP contribution in [0.1, 0.15) is 31.9 Å². The molecular weight excluding hydrogens is 218 g/mol. The van der Waals surface area contributed by atoms with E-state index >= 15 is 0 Å². The van der Waals surface area contributed by atoms with Crippen LogP contribution in [0.3, 0.4) is 0 Å². The second kappa shape index (κ2) is 5.82. The molecule has 5 nitrogen and oxygen atoms in total. The van der Waals surface area contributed by atoms with Crippen molar-refractivity contribution in [3.63, 3.8) is 0 Å². The van der Waals surface area contributed by atoms with Gasteiger partial charge >= 0.3 is 5.97 Å². The lowest BCUT2D eigenvalue weighted by Gasteiger charge is -2.20. The van der Waals surface area contributed by atoms with Gasteiger partial charge in [0.05, 0.1) is 12.8 Å². The molecule has 0 fully saturated rings. The van der Waals surface area contributed by atoms with Crippen molar-refractivity contribution in [1.29, 1.82) is 0 Å². The van der Waals surface area contributed by atoms with Crippen LogP contribution in [0.4, 0.5) is 0 Å². The third-order valence-corrected chi connectivity index (χ3v) is 2.76. The van der Waals surface area contributed by atoms with E-state index in [1.165, 1.54) is 7.11 Å². The number of ether oxygens (including phenoxy) is 1. The number of unbranched alkanes of at least 4 members (excludes halogenated alkanes) is 1. The van der Waals surface area contributed by atoms with E-state index in [1.54, 1.807) is 6.92 Å². The molecule has 1 rings (SSSR count). The Hall–Kier alpha value is -1.36. The van der Waals surface area contributed by atoms with Gasteiger partial charge in [0.15, 0.2) is 0 Å². The summed E-state index contributed by atoms with van der Waals surface area (Å²) in [6, 6.07) is 1.97. The zero-order valence-electron chi connectivity index (χ0n) is 10.8. The third-order valence-electron chi connectivity index (χ3n) is 2.76. The first-order valence-corrected chi connectivity index (χ1v) is 5.83. The topological polar surface area (TPSA) is 70.1 Å². The average Bonchev–Trinajstić information content (AvgIpc) is 2.69. The fraction of sp³-hybridized carbons (Fsp3) is 0.667. The fourth-order valence-corrected chi connectivity index (χ4v) is 1.69. The normalized spacial score (nSPS) is 14.4. The summed E-state index contributed by atoms with van der Waals surface area (Å²) in [7, 11) is 1.36. The number of nitrogens with two attached hydrogens (primary N) is 1. The number of carbonyl (C=O) groups is 1.